The van der Waals surface area contributed by atoms with Crippen LogP contribution in [0.2, 0.25) is 0 Å². The second kappa shape index (κ2) is 15.4. The van der Waals surface area contributed by atoms with Gasteiger partial charge in [0.1, 0.15) is 0 Å². The fourth-order valence-corrected chi connectivity index (χ4v) is 4.24. The van der Waals surface area contributed by atoms with Gasteiger partial charge in [0.15, 0.2) is 5.71 Å². The van der Waals surface area contributed by atoms with Crippen molar-refractivity contribution in [3.63, 3.8) is 0 Å². The van der Waals surface area contributed by atoms with Crippen LogP contribution in [0.5, 0.6) is 0 Å². The summed E-state index contributed by atoms with van der Waals surface area (Å²) in [5, 5.41) is 9.27. The third-order valence-corrected chi connectivity index (χ3v) is 6.38. The largest absolute Gasteiger partial charge is 0.404 e. The van der Waals surface area contributed by atoms with Crippen LogP contribution in [0.1, 0.15) is 50.1 Å². The SMILES string of the molecule is CC.Cc1ncc(NC(=O)CN2CCCC2)cc1NC(=O)/C(=N/N)c1ccc(/C(C=NC2CCOC2)=C/N)cn1. The number of anilines is 2. The predicted molar refractivity (Wildman–Crippen MR) is 158 cm³/mol. The number of aliphatic imine (C=N–C) groups is 1. The molecule has 0 bridgehead atoms. The summed E-state index contributed by atoms with van der Waals surface area (Å²) in [6, 6.07) is 5.17. The highest BCUT2D eigenvalue weighted by molar-refractivity contribution is 6.48. The monoisotopic (exact) mass is 549 g/mol. The number of pyridine rings is 2. The molecule has 2 aliphatic rings. The average Bonchev–Trinajstić information content (AvgIpc) is 3.68. The molecule has 40 heavy (non-hydrogen) atoms. The Balaban J connectivity index is 0.00000216. The summed E-state index contributed by atoms with van der Waals surface area (Å²) < 4.78 is 5.34. The van der Waals surface area contributed by atoms with E-state index in [0.29, 0.717) is 42.4 Å². The summed E-state index contributed by atoms with van der Waals surface area (Å²) in [5.41, 5.74) is 8.91. The van der Waals surface area contributed by atoms with Gasteiger partial charge in [-0.25, -0.2) is 0 Å². The maximum Gasteiger partial charge on any atom is 0.278 e. The molecule has 0 aromatic carbocycles. The third kappa shape index (κ3) is 8.42. The second-order valence-corrected chi connectivity index (χ2v) is 9.17. The predicted octanol–water partition coefficient (Wildman–Crippen LogP) is 2.31. The smallest absolute Gasteiger partial charge is 0.278 e. The van der Waals surface area contributed by atoms with Gasteiger partial charge < -0.3 is 26.9 Å². The van der Waals surface area contributed by atoms with Crippen LogP contribution in [0.4, 0.5) is 11.4 Å². The molecule has 2 aromatic rings. The Kier molecular flexibility index (Phi) is 11.7. The molecule has 2 aliphatic heterocycles. The lowest BCUT2D eigenvalue weighted by Crippen LogP contribution is -2.31. The normalized spacial score (nSPS) is 17.9. The Bertz CT molecular complexity index is 1230. The highest BCUT2D eigenvalue weighted by Gasteiger charge is 2.19. The lowest BCUT2D eigenvalue weighted by Gasteiger charge is -2.15. The van der Waals surface area contributed by atoms with Crippen LogP contribution in [-0.4, -0.2) is 77.5 Å². The topological polar surface area (TPSA) is 173 Å². The number of aryl methyl sites for hydroxylation is 1. The number of carbonyl (C=O) groups is 2. The van der Waals surface area contributed by atoms with Gasteiger partial charge in [-0.05, 0) is 51.4 Å². The number of hydrogen-bond acceptors (Lipinski definition) is 10. The Morgan fingerprint density at radius 2 is 1.95 bits per heavy atom. The highest BCUT2D eigenvalue weighted by Crippen LogP contribution is 2.19. The van der Waals surface area contributed by atoms with Crippen LogP contribution < -0.4 is 22.2 Å². The molecule has 1 atom stereocenters. The summed E-state index contributed by atoms with van der Waals surface area (Å²) in [4.78, 5) is 40.7. The number of nitrogens with two attached hydrogens (primary N) is 2. The number of carbonyl (C=O) groups excluding carboxylic acids is 2. The van der Waals surface area contributed by atoms with E-state index in [0.717, 1.165) is 37.9 Å². The molecule has 2 fully saturated rings. The Morgan fingerprint density at radius 3 is 2.58 bits per heavy atom. The summed E-state index contributed by atoms with van der Waals surface area (Å²) in [7, 11) is 0. The van der Waals surface area contributed by atoms with Crippen molar-refractivity contribution < 1.29 is 14.3 Å². The quantitative estimate of drug-likeness (QED) is 0.209. The lowest BCUT2D eigenvalue weighted by molar-refractivity contribution is -0.117. The van der Waals surface area contributed by atoms with Crippen molar-refractivity contribution in [2.75, 3.05) is 43.5 Å². The zero-order chi connectivity index (χ0) is 28.9. The number of hydrogen-bond donors (Lipinski definition) is 4. The number of nitrogens with zero attached hydrogens (tertiary/aromatic N) is 5. The molecule has 2 aromatic heterocycles. The van der Waals surface area contributed by atoms with Crippen molar-refractivity contribution in [2.45, 2.75) is 46.1 Å². The maximum absolute atomic E-state index is 13.0. The highest BCUT2D eigenvalue weighted by atomic mass is 16.5. The van der Waals surface area contributed by atoms with E-state index in [1.54, 1.807) is 43.7 Å². The van der Waals surface area contributed by atoms with E-state index < -0.39 is 5.91 Å². The molecule has 0 radical (unpaired) electrons. The molecule has 2 amide bonds. The summed E-state index contributed by atoms with van der Waals surface area (Å²) in [6.07, 6.45) is 9.37. The van der Waals surface area contributed by atoms with Gasteiger partial charge in [-0.3, -0.25) is 29.4 Å². The van der Waals surface area contributed by atoms with Gasteiger partial charge in [0, 0.05) is 36.4 Å². The van der Waals surface area contributed by atoms with E-state index in [9.17, 15) is 9.59 Å². The molecule has 12 heteroatoms. The second-order valence-electron chi connectivity index (χ2n) is 9.17. The van der Waals surface area contributed by atoms with Gasteiger partial charge in [0.05, 0.1) is 48.2 Å². The van der Waals surface area contributed by atoms with Crippen molar-refractivity contribution in [3.05, 3.63) is 53.7 Å². The number of rotatable bonds is 9. The van der Waals surface area contributed by atoms with E-state index in [1.165, 1.54) is 6.20 Å². The molecular formula is C28H39N9O3. The molecule has 214 valence electrons. The van der Waals surface area contributed by atoms with Crippen LogP contribution in [0.15, 0.2) is 46.9 Å². The Morgan fingerprint density at radius 1 is 1.18 bits per heavy atom. The van der Waals surface area contributed by atoms with E-state index in [1.807, 2.05) is 13.8 Å². The number of amides is 2. The minimum atomic E-state index is -0.560. The summed E-state index contributed by atoms with van der Waals surface area (Å²) >= 11 is 0. The minimum Gasteiger partial charge on any atom is -0.404 e. The fraction of sp³-hybridized carbons (Fsp3) is 0.429. The van der Waals surface area contributed by atoms with E-state index in [-0.39, 0.29) is 23.4 Å². The molecule has 6 N–H and O–H groups in total. The number of likely N-dealkylation sites (tertiary alicyclic amines) is 1. The minimum absolute atomic E-state index is 0.0607. The number of aromatic nitrogens is 2. The fourth-order valence-electron chi connectivity index (χ4n) is 4.24. The molecule has 4 heterocycles. The first kappa shape index (κ1) is 30.4. The Labute approximate surface area is 235 Å². The number of nitrogens with one attached hydrogen (secondary N) is 2. The van der Waals surface area contributed by atoms with Crippen molar-refractivity contribution in [3.8, 4) is 0 Å². The lowest BCUT2D eigenvalue weighted by atomic mass is 10.1. The van der Waals surface area contributed by atoms with Gasteiger partial charge in [0.2, 0.25) is 5.91 Å². The standard InChI is InChI=1S/C26H33N9O3.C2H6/c1-17-23(10-21(14-29-17)32-24(36)15-35-7-2-3-8-35)33-26(37)25(34-28)22-5-4-18(12-31-22)19(11-27)13-30-20-6-9-38-16-20;1-2/h4-5,10-14,20H,2-3,6-9,15-16,27-28H2,1H3,(H,32,36)(H,33,37);1-2H3/b19-11+,30-13?,34-25+;. The van der Waals surface area contributed by atoms with Crippen LogP contribution in [0.25, 0.3) is 5.57 Å². The molecule has 1 unspecified atom stereocenters. The number of allylic oxidation sites excluding steroid dienone is 1. The number of ether oxygens (including phenoxy) is 1. The average molecular weight is 550 g/mol. The molecule has 0 saturated carbocycles. The zero-order valence-corrected chi connectivity index (χ0v) is 23.4. The van der Waals surface area contributed by atoms with Crippen LogP contribution in [0.3, 0.4) is 0 Å². The first-order chi connectivity index (χ1) is 19.5. The van der Waals surface area contributed by atoms with Crippen molar-refractivity contribution in [2.24, 2.45) is 21.7 Å². The summed E-state index contributed by atoms with van der Waals surface area (Å²) in [5.74, 6) is 4.87. The third-order valence-electron chi connectivity index (χ3n) is 6.38. The molecule has 2 saturated heterocycles. The Hall–Kier alpha value is -4.16. The van der Waals surface area contributed by atoms with E-state index >= 15 is 0 Å². The molecule has 4 rings (SSSR count). The van der Waals surface area contributed by atoms with Crippen LogP contribution in [-0.2, 0) is 14.3 Å². The van der Waals surface area contributed by atoms with Crippen LogP contribution >= 0.6 is 0 Å². The van der Waals surface area contributed by atoms with Gasteiger partial charge in [-0.1, -0.05) is 19.9 Å². The van der Waals surface area contributed by atoms with E-state index in [4.69, 9.17) is 16.3 Å². The number of hydrazone groups is 1. The van der Waals surface area contributed by atoms with Crippen molar-refractivity contribution in [1.82, 2.24) is 14.9 Å². The van der Waals surface area contributed by atoms with Gasteiger partial charge >= 0.3 is 0 Å². The van der Waals surface area contributed by atoms with Crippen LogP contribution in [0, 0.1) is 6.92 Å². The first-order valence-corrected chi connectivity index (χ1v) is 13.5. The first-order valence-electron chi connectivity index (χ1n) is 13.5. The molecule has 0 aliphatic carbocycles. The zero-order valence-electron chi connectivity index (χ0n) is 23.4. The maximum atomic E-state index is 13.0. The van der Waals surface area contributed by atoms with Gasteiger partial charge in [0.25, 0.3) is 5.91 Å². The van der Waals surface area contributed by atoms with E-state index in [2.05, 4.69) is 35.6 Å². The molecule has 0 spiro atoms. The van der Waals surface area contributed by atoms with Crippen molar-refractivity contribution >= 4 is 40.7 Å². The summed E-state index contributed by atoms with van der Waals surface area (Å²) in [6.45, 7) is 9.21. The molecular weight excluding hydrogens is 510 g/mol. The van der Waals surface area contributed by atoms with Gasteiger partial charge in [-0.2, -0.15) is 5.10 Å². The molecule has 12 nitrogen and oxygen atoms in total. The van der Waals surface area contributed by atoms with Gasteiger partial charge in [-0.15, -0.1) is 0 Å². The van der Waals surface area contributed by atoms with Crippen molar-refractivity contribution in [1.29, 1.82) is 0 Å².